The van der Waals surface area contributed by atoms with E-state index in [4.69, 9.17) is 9.72 Å². The number of rotatable bonds is 8. The zero-order valence-electron chi connectivity index (χ0n) is 20.2. The summed E-state index contributed by atoms with van der Waals surface area (Å²) < 4.78 is 21.9. The zero-order chi connectivity index (χ0) is 24.2. The van der Waals surface area contributed by atoms with Gasteiger partial charge in [-0.15, -0.1) is 0 Å². The first-order valence-corrected chi connectivity index (χ1v) is 11.7. The van der Waals surface area contributed by atoms with Crippen molar-refractivity contribution in [3.05, 3.63) is 72.2 Å². The number of ether oxygens (including phenoxy) is 1. The van der Waals surface area contributed by atoms with Crippen LogP contribution < -0.4 is 4.74 Å². The largest absolute Gasteiger partial charge is 0.494 e. The minimum absolute atomic E-state index is 0.200. The van der Waals surface area contributed by atoms with Gasteiger partial charge in [0.15, 0.2) is 11.6 Å². The number of halogens is 1. The van der Waals surface area contributed by atoms with Gasteiger partial charge in [-0.05, 0) is 66.3 Å². The fraction of sp³-hybridized carbons (Fsp3) is 0.310. The molecule has 5 heteroatoms. The van der Waals surface area contributed by atoms with Gasteiger partial charge in [-0.25, -0.2) is 9.37 Å². The van der Waals surface area contributed by atoms with Gasteiger partial charge in [-0.3, -0.25) is 0 Å². The van der Waals surface area contributed by atoms with Crippen LogP contribution in [0, 0.1) is 29.0 Å². The molecule has 0 aliphatic carbocycles. The summed E-state index contributed by atoms with van der Waals surface area (Å²) in [5, 5.41) is 9.20. The van der Waals surface area contributed by atoms with E-state index in [2.05, 4.69) is 43.7 Å². The third kappa shape index (κ3) is 4.97. The molecule has 4 nitrogen and oxygen atoms in total. The summed E-state index contributed by atoms with van der Waals surface area (Å²) in [5.74, 6) is 1.02. The van der Waals surface area contributed by atoms with Gasteiger partial charge in [-0.1, -0.05) is 39.3 Å². The summed E-state index contributed by atoms with van der Waals surface area (Å²) in [7, 11) is 1.45. The van der Waals surface area contributed by atoms with E-state index in [0.29, 0.717) is 28.7 Å². The van der Waals surface area contributed by atoms with E-state index in [1.54, 1.807) is 18.2 Å². The highest BCUT2D eigenvalue weighted by Gasteiger charge is 2.16. The Bertz CT molecular complexity index is 1330. The Labute approximate surface area is 200 Å². The average Bonchev–Trinajstić information content (AvgIpc) is 3.23. The van der Waals surface area contributed by atoms with Crippen LogP contribution in [-0.2, 0) is 6.54 Å². The lowest BCUT2D eigenvalue weighted by Crippen LogP contribution is -2.08. The highest BCUT2D eigenvalue weighted by atomic mass is 19.1. The summed E-state index contributed by atoms with van der Waals surface area (Å²) in [5.41, 5.74) is 5.73. The molecule has 174 valence electrons. The summed E-state index contributed by atoms with van der Waals surface area (Å²) in [6, 6.07) is 18.7. The number of hydrogen-bond acceptors (Lipinski definition) is 3. The standard InChI is InChI=1S/C29H30FN3O/c1-19(2)5-6-20(3)18-33-14-13-26-27(33)16-24(22-9-7-21(17-31)8-10-22)29(32-26)23-11-12-28(34-4)25(30)15-23/h7-16,19-20H,5-6,18H2,1-4H3. The van der Waals surface area contributed by atoms with Gasteiger partial charge in [0.2, 0.25) is 0 Å². The maximum atomic E-state index is 14.6. The van der Waals surface area contributed by atoms with Crippen LogP contribution in [0.3, 0.4) is 0 Å². The molecule has 0 aliphatic rings. The molecule has 0 saturated heterocycles. The Hall–Kier alpha value is -3.65. The van der Waals surface area contributed by atoms with Crippen LogP contribution in [0.5, 0.6) is 5.75 Å². The fourth-order valence-electron chi connectivity index (χ4n) is 4.29. The minimum Gasteiger partial charge on any atom is -0.494 e. The van der Waals surface area contributed by atoms with E-state index in [1.807, 2.05) is 24.3 Å². The van der Waals surface area contributed by atoms with Crippen molar-refractivity contribution in [3.8, 4) is 34.2 Å². The Morgan fingerprint density at radius 2 is 1.74 bits per heavy atom. The zero-order valence-corrected chi connectivity index (χ0v) is 20.2. The van der Waals surface area contributed by atoms with Gasteiger partial charge in [0, 0.05) is 23.9 Å². The molecule has 4 aromatic rings. The topological polar surface area (TPSA) is 50.8 Å². The number of hydrogen-bond donors (Lipinski definition) is 0. The molecule has 2 heterocycles. The normalized spacial score (nSPS) is 12.1. The highest BCUT2D eigenvalue weighted by molar-refractivity contribution is 5.90. The Morgan fingerprint density at radius 3 is 2.38 bits per heavy atom. The summed E-state index contributed by atoms with van der Waals surface area (Å²) >= 11 is 0. The SMILES string of the molecule is COc1ccc(-c2nc3ccn(CC(C)CCC(C)C)c3cc2-c2ccc(C#N)cc2)cc1F. The third-order valence-electron chi connectivity index (χ3n) is 6.25. The molecule has 4 rings (SSSR count). The number of benzene rings is 2. The van der Waals surface area contributed by atoms with Crippen molar-refractivity contribution in [1.29, 1.82) is 5.26 Å². The van der Waals surface area contributed by atoms with Crippen molar-refractivity contribution in [1.82, 2.24) is 9.55 Å². The molecule has 0 spiro atoms. The van der Waals surface area contributed by atoms with Gasteiger partial charge in [0.1, 0.15) is 0 Å². The van der Waals surface area contributed by atoms with Crippen LogP contribution in [0.25, 0.3) is 33.4 Å². The molecular formula is C29H30FN3O. The number of nitrogens with zero attached hydrogens (tertiary/aromatic N) is 3. The molecule has 0 amide bonds. The molecule has 2 aromatic heterocycles. The van der Waals surface area contributed by atoms with Gasteiger partial charge in [0.25, 0.3) is 0 Å². The van der Waals surface area contributed by atoms with Crippen LogP contribution >= 0.6 is 0 Å². The number of aromatic nitrogens is 2. The van der Waals surface area contributed by atoms with E-state index in [0.717, 1.165) is 28.7 Å². The molecule has 0 saturated carbocycles. The summed E-state index contributed by atoms with van der Waals surface area (Å²) in [4.78, 5) is 4.97. The Balaban J connectivity index is 1.82. The van der Waals surface area contributed by atoms with Crippen molar-refractivity contribution in [2.75, 3.05) is 7.11 Å². The quantitative estimate of drug-likeness (QED) is 0.277. The molecular weight excluding hydrogens is 425 g/mol. The van der Waals surface area contributed by atoms with Crippen LogP contribution in [0.1, 0.15) is 39.2 Å². The maximum Gasteiger partial charge on any atom is 0.165 e. The second-order valence-corrected chi connectivity index (χ2v) is 9.37. The van der Waals surface area contributed by atoms with Crippen LogP contribution in [0.15, 0.2) is 60.8 Å². The van der Waals surface area contributed by atoms with Crippen LogP contribution in [-0.4, -0.2) is 16.7 Å². The van der Waals surface area contributed by atoms with Gasteiger partial charge < -0.3 is 9.30 Å². The molecule has 2 aromatic carbocycles. The molecule has 34 heavy (non-hydrogen) atoms. The van der Waals surface area contributed by atoms with Crippen molar-refractivity contribution < 1.29 is 9.13 Å². The van der Waals surface area contributed by atoms with E-state index in [9.17, 15) is 9.65 Å². The van der Waals surface area contributed by atoms with Gasteiger partial charge in [0.05, 0.1) is 35.5 Å². The molecule has 0 radical (unpaired) electrons. The number of pyridine rings is 1. The first kappa shape index (κ1) is 23.5. The van der Waals surface area contributed by atoms with Crippen LogP contribution in [0.2, 0.25) is 0 Å². The highest BCUT2D eigenvalue weighted by Crippen LogP contribution is 2.35. The van der Waals surface area contributed by atoms with Crippen molar-refractivity contribution in [2.24, 2.45) is 11.8 Å². The van der Waals surface area contributed by atoms with Crippen LogP contribution in [0.4, 0.5) is 4.39 Å². The lowest BCUT2D eigenvalue weighted by molar-refractivity contribution is 0.386. The second-order valence-electron chi connectivity index (χ2n) is 9.37. The predicted octanol–water partition coefficient (Wildman–Crippen LogP) is 7.46. The monoisotopic (exact) mass is 455 g/mol. The lowest BCUT2D eigenvalue weighted by atomic mass is 9.97. The maximum absolute atomic E-state index is 14.6. The number of fused-ring (bicyclic) bond motifs is 1. The Kier molecular flexibility index (Phi) is 6.98. The molecule has 0 bridgehead atoms. The molecule has 0 N–H and O–H groups in total. The smallest absolute Gasteiger partial charge is 0.165 e. The second kappa shape index (κ2) is 10.1. The lowest BCUT2D eigenvalue weighted by Gasteiger charge is -2.16. The first-order chi connectivity index (χ1) is 16.4. The van der Waals surface area contributed by atoms with Gasteiger partial charge >= 0.3 is 0 Å². The number of methoxy groups -OCH3 is 1. The molecule has 1 atom stereocenters. The third-order valence-corrected chi connectivity index (χ3v) is 6.25. The first-order valence-electron chi connectivity index (χ1n) is 11.7. The molecule has 1 unspecified atom stereocenters. The van der Waals surface area contributed by atoms with E-state index < -0.39 is 5.82 Å². The summed E-state index contributed by atoms with van der Waals surface area (Å²) in [6.45, 7) is 7.73. The number of nitriles is 1. The Morgan fingerprint density at radius 1 is 1.00 bits per heavy atom. The van der Waals surface area contributed by atoms with E-state index in [1.165, 1.54) is 26.0 Å². The average molecular weight is 456 g/mol. The van der Waals surface area contributed by atoms with Crippen molar-refractivity contribution >= 4 is 11.0 Å². The molecule has 0 fully saturated rings. The van der Waals surface area contributed by atoms with Crippen molar-refractivity contribution in [3.63, 3.8) is 0 Å². The van der Waals surface area contributed by atoms with E-state index in [-0.39, 0.29) is 5.75 Å². The minimum atomic E-state index is -0.427. The fourth-order valence-corrected chi connectivity index (χ4v) is 4.29. The molecule has 0 aliphatic heterocycles. The summed E-state index contributed by atoms with van der Waals surface area (Å²) in [6.07, 6.45) is 4.48. The predicted molar refractivity (Wildman–Crippen MR) is 135 cm³/mol. The van der Waals surface area contributed by atoms with Gasteiger partial charge in [-0.2, -0.15) is 5.26 Å². The van der Waals surface area contributed by atoms with E-state index >= 15 is 0 Å². The van der Waals surface area contributed by atoms with Crippen molar-refractivity contribution in [2.45, 2.75) is 40.2 Å².